The van der Waals surface area contributed by atoms with Gasteiger partial charge in [0.25, 0.3) is 5.91 Å². The Labute approximate surface area is 136 Å². The van der Waals surface area contributed by atoms with Gasteiger partial charge in [0.1, 0.15) is 10.7 Å². The number of halogens is 2. The average Bonchev–Trinajstić information content (AvgIpc) is 2.97. The number of sulfone groups is 1. The lowest BCUT2D eigenvalue weighted by atomic mass is 10.1. The second-order valence-electron chi connectivity index (χ2n) is 5.34. The lowest BCUT2D eigenvalue weighted by molar-refractivity contribution is 0.0952. The number of benzene rings is 1. The van der Waals surface area contributed by atoms with Gasteiger partial charge < -0.3 is 5.32 Å². The van der Waals surface area contributed by atoms with Crippen molar-refractivity contribution in [3.8, 4) is 0 Å². The normalized spacial score (nSPS) is 20.4. The van der Waals surface area contributed by atoms with E-state index in [4.69, 9.17) is 11.6 Å². The van der Waals surface area contributed by atoms with Gasteiger partial charge >= 0.3 is 0 Å². The maximum atomic E-state index is 13.8. The average molecular weight is 362 g/mol. The maximum absolute atomic E-state index is 13.8. The minimum atomic E-state index is -2.97. The van der Waals surface area contributed by atoms with Gasteiger partial charge in [0.15, 0.2) is 9.84 Å². The predicted molar refractivity (Wildman–Crippen MR) is 85.9 cm³/mol. The minimum Gasteiger partial charge on any atom is -0.351 e. The second-order valence-corrected chi connectivity index (χ2v) is 9.00. The first-order valence-electron chi connectivity index (χ1n) is 6.72. The van der Waals surface area contributed by atoms with E-state index in [9.17, 15) is 17.6 Å². The van der Waals surface area contributed by atoms with Crippen molar-refractivity contribution >= 4 is 48.8 Å². The molecule has 0 spiro atoms. The van der Waals surface area contributed by atoms with Crippen LogP contribution in [0, 0.1) is 11.7 Å². The van der Waals surface area contributed by atoms with Crippen molar-refractivity contribution in [3.05, 3.63) is 33.9 Å². The molecular formula is C14H13ClFNO3S2. The Morgan fingerprint density at radius 3 is 2.86 bits per heavy atom. The number of hydrogen-bond acceptors (Lipinski definition) is 4. The number of thiophene rings is 1. The third kappa shape index (κ3) is 2.98. The van der Waals surface area contributed by atoms with Gasteiger partial charge in [-0.1, -0.05) is 17.7 Å². The van der Waals surface area contributed by atoms with Crippen molar-refractivity contribution in [3.63, 3.8) is 0 Å². The maximum Gasteiger partial charge on any atom is 0.262 e. The van der Waals surface area contributed by atoms with Crippen LogP contribution >= 0.6 is 22.9 Å². The molecular weight excluding hydrogens is 349 g/mol. The summed E-state index contributed by atoms with van der Waals surface area (Å²) in [5, 5.41) is 3.06. The quantitative estimate of drug-likeness (QED) is 0.914. The summed E-state index contributed by atoms with van der Waals surface area (Å²) in [6.45, 7) is 0.283. The summed E-state index contributed by atoms with van der Waals surface area (Å²) in [6, 6.07) is 4.57. The van der Waals surface area contributed by atoms with Gasteiger partial charge in [-0.2, -0.15) is 0 Å². The summed E-state index contributed by atoms with van der Waals surface area (Å²) in [7, 11) is -2.97. The van der Waals surface area contributed by atoms with Gasteiger partial charge in [0, 0.05) is 16.6 Å². The van der Waals surface area contributed by atoms with E-state index < -0.39 is 21.6 Å². The van der Waals surface area contributed by atoms with E-state index in [1.807, 2.05) is 0 Å². The van der Waals surface area contributed by atoms with Crippen LogP contribution in [0.1, 0.15) is 16.1 Å². The highest BCUT2D eigenvalue weighted by Crippen LogP contribution is 2.36. The van der Waals surface area contributed by atoms with Crippen LogP contribution < -0.4 is 5.32 Å². The van der Waals surface area contributed by atoms with Crippen LogP contribution in [0.25, 0.3) is 10.1 Å². The molecule has 1 amide bonds. The molecule has 8 heteroatoms. The molecule has 0 saturated carbocycles. The number of carbonyl (C=O) groups is 1. The van der Waals surface area contributed by atoms with Gasteiger partial charge in [0.05, 0.1) is 16.5 Å². The SMILES string of the molecule is O=C(NCC1CCS(=O)(=O)C1)c1sc2cccc(F)c2c1Cl. The molecule has 1 N–H and O–H groups in total. The molecule has 118 valence electrons. The van der Waals surface area contributed by atoms with Gasteiger partial charge in [-0.3, -0.25) is 4.79 Å². The van der Waals surface area contributed by atoms with Gasteiger partial charge in [-0.05, 0) is 24.5 Å². The monoisotopic (exact) mass is 361 g/mol. The Kier molecular flexibility index (Phi) is 4.13. The van der Waals surface area contributed by atoms with E-state index in [-0.39, 0.29) is 39.3 Å². The number of rotatable bonds is 3. The van der Waals surface area contributed by atoms with Crippen LogP contribution in [0.3, 0.4) is 0 Å². The molecule has 1 saturated heterocycles. The zero-order valence-electron chi connectivity index (χ0n) is 11.4. The minimum absolute atomic E-state index is 0.0705. The predicted octanol–water partition coefficient (Wildman–Crippen LogP) is 2.86. The largest absolute Gasteiger partial charge is 0.351 e. The molecule has 1 unspecified atom stereocenters. The Morgan fingerprint density at radius 2 is 2.23 bits per heavy atom. The van der Waals surface area contributed by atoms with Gasteiger partial charge in [-0.15, -0.1) is 11.3 Å². The van der Waals surface area contributed by atoms with Crippen molar-refractivity contribution in [2.45, 2.75) is 6.42 Å². The fourth-order valence-electron chi connectivity index (χ4n) is 2.57. The molecule has 1 aliphatic rings. The van der Waals surface area contributed by atoms with E-state index in [1.54, 1.807) is 12.1 Å². The van der Waals surface area contributed by atoms with Crippen LogP contribution in [-0.4, -0.2) is 32.4 Å². The Hall–Kier alpha value is -1.18. The van der Waals surface area contributed by atoms with E-state index in [1.165, 1.54) is 6.07 Å². The lowest BCUT2D eigenvalue weighted by Crippen LogP contribution is -2.29. The van der Waals surface area contributed by atoms with Crippen molar-refractivity contribution in [1.29, 1.82) is 0 Å². The molecule has 1 aromatic heterocycles. The topological polar surface area (TPSA) is 63.2 Å². The van der Waals surface area contributed by atoms with E-state index in [2.05, 4.69) is 5.32 Å². The molecule has 0 radical (unpaired) electrons. The number of carbonyl (C=O) groups excluding carboxylic acids is 1. The standard InChI is InChI=1S/C14H13ClFNO3S2/c15-12-11-9(16)2-1-3-10(11)21-13(12)14(18)17-6-8-4-5-22(19,20)7-8/h1-3,8H,4-7H2,(H,17,18). The summed E-state index contributed by atoms with van der Waals surface area (Å²) >= 11 is 7.24. The van der Waals surface area contributed by atoms with Crippen LogP contribution in [0.2, 0.25) is 5.02 Å². The highest BCUT2D eigenvalue weighted by atomic mass is 35.5. The van der Waals surface area contributed by atoms with Crippen molar-refractivity contribution in [2.75, 3.05) is 18.1 Å². The molecule has 1 atom stereocenters. The third-order valence-electron chi connectivity index (χ3n) is 3.69. The molecule has 22 heavy (non-hydrogen) atoms. The Morgan fingerprint density at radius 1 is 1.45 bits per heavy atom. The van der Waals surface area contributed by atoms with Gasteiger partial charge in [0.2, 0.25) is 0 Å². The van der Waals surface area contributed by atoms with E-state index >= 15 is 0 Å². The highest BCUT2D eigenvalue weighted by Gasteiger charge is 2.28. The summed E-state index contributed by atoms with van der Waals surface area (Å²) in [5.74, 6) is -0.654. The highest BCUT2D eigenvalue weighted by molar-refractivity contribution is 7.91. The van der Waals surface area contributed by atoms with Gasteiger partial charge in [-0.25, -0.2) is 12.8 Å². The molecule has 1 aliphatic heterocycles. The summed E-state index contributed by atoms with van der Waals surface area (Å²) in [4.78, 5) is 12.5. The molecule has 2 heterocycles. The molecule has 0 bridgehead atoms. The zero-order chi connectivity index (χ0) is 15.9. The Balaban J connectivity index is 1.76. The van der Waals surface area contributed by atoms with Crippen LogP contribution in [0.15, 0.2) is 18.2 Å². The van der Waals surface area contributed by atoms with Crippen LogP contribution in [-0.2, 0) is 9.84 Å². The zero-order valence-corrected chi connectivity index (χ0v) is 13.8. The summed E-state index contributed by atoms with van der Waals surface area (Å²) in [5.41, 5.74) is 0. The summed E-state index contributed by atoms with van der Waals surface area (Å²) in [6.07, 6.45) is 0.553. The van der Waals surface area contributed by atoms with E-state index in [0.717, 1.165) is 11.3 Å². The first-order chi connectivity index (χ1) is 10.4. The van der Waals surface area contributed by atoms with Crippen molar-refractivity contribution < 1.29 is 17.6 Å². The smallest absolute Gasteiger partial charge is 0.262 e. The molecule has 4 nitrogen and oxygen atoms in total. The van der Waals surface area contributed by atoms with Crippen molar-refractivity contribution in [2.24, 2.45) is 5.92 Å². The fourth-order valence-corrected chi connectivity index (χ4v) is 5.90. The van der Waals surface area contributed by atoms with Crippen LogP contribution in [0.4, 0.5) is 4.39 Å². The number of hydrogen-bond donors (Lipinski definition) is 1. The van der Waals surface area contributed by atoms with Crippen molar-refractivity contribution in [1.82, 2.24) is 5.32 Å². The molecule has 0 aliphatic carbocycles. The second kappa shape index (κ2) is 5.79. The Bertz CT molecular complexity index is 847. The third-order valence-corrected chi connectivity index (χ3v) is 7.17. The lowest BCUT2D eigenvalue weighted by Gasteiger charge is -2.08. The first-order valence-corrected chi connectivity index (χ1v) is 9.74. The molecule has 1 aromatic carbocycles. The fraction of sp³-hybridized carbons (Fsp3) is 0.357. The number of fused-ring (bicyclic) bond motifs is 1. The van der Waals surface area contributed by atoms with E-state index in [0.29, 0.717) is 11.1 Å². The number of nitrogens with one attached hydrogen (secondary N) is 1. The molecule has 2 aromatic rings. The van der Waals surface area contributed by atoms with Crippen LogP contribution in [0.5, 0.6) is 0 Å². The number of amides is 1. The molecule has 3 rings (SSSR count). The first kappa shape index (κ1) is 15.7. The molecule has 1 fully saturated rings. The summed E-state index contributed by atoms with van der Waals surface area (Å²) < 4.78 is 37.2.